The molecule has 0 spiro atoms. The first-order chi connectivity index (χ1) is 9.11. The van der Waals surface area contributed by atoms with E-state index in [9.17, 15) is 4.39 Å². The summed E-state index contributed by atoms with van der Waals surface area (Å²) in [7, 11) is 1.62. The lowest BCUT2D eigenvalue weighted by molar-refractivity contribution is 0.409. The van der Waals surface area contributed by atoms with E-state index in [2.05, 4.69) is 0 Å². The van der Waals surface area contributed by atoms with Gasteiger partial charge in [0.05, 0.1) is 12.5 Å². The van der Waals surface area contributed by atoms with Gasteiger partial charge in [0.25, 0.3) is 0 Å². The van der Waals surface area contributed by atoms with E-state index in [-0.39, 0.29) is 5.82 Å². The first kappa shape index (κ1) is 13.9. The Hall–Kier alpha value is -1.54. The molecule has 0 aliphatic carbocycles. The van der Waals surface area contributed by atoms with Crippen LogP contribution in [0.3, 0.4) is 0 Å². The van der Waals surface area contributed by atoms with Crippen molar-refractivity contribution in [3.63, 3.8) is 0 Å². The lowest BCUT2D eigenvalue weighted by Crippen LogP contribution is -2.01. The fraction of sp³-hybridized carbons (Fsp3) is 0.250. The number of ether oxygens (including phenoxy) is 1. The monoisotopic (exact) mass is 278 g/mol. The van der Waals surface area contributed by atoms with Gasteiger partial charge in [0.2, 0.25) is 0 Å². The standard InChI is InChI=1S/C16H16ClFO/c1-11-7-8-13(15(18)9-11)14(17)10-12-5-3-4-6-16(12)19-2/h3-9,14H,10H2,1-2H3. The van der Waals surface area contributed by atoms with Crippen LogP contribution in [0, 0.1) is 12.7 Å². The van der Waals surface area contributed by atoms with Gasteiger partial charge in [-0.15, -0.1) is 11.6 Å². The maximum absolute atomic E-state index is 13.9. The van der Waals surface area contributed by atoms with Crippen molar-refractivity contribution in [2.75, 3.05) is 7.11 Å². The topological polar surface area (TPSA) is 9.23 Å². The highest BCUT2D eigenvalue weighted by molar-refractivity contribution is 6.21. The van der Waals surface area contributed by atoms with E-state index >= 15 is 0 Å². The van der Waals surface area contributed by atoms with Crippen LogP contribution in [0.5, 0.6) is 5.75 Å². The highest BCUT2D eigenvalue weighted by atomic mass is 35.5. The molecule has 0 amide bonds. The quantitative estimate of drug-likeness (QED) is 0.739. The van der Waals surface area contributed by atoms with Crippen molar-refractivity contribution in [2.45, 2.75) is 18.7 Å². The van der Waals surface area contributed by atoms with Crippen molar-refractivity contribution in [3.05, 3.63) is 65.0 Å². The minimum Gasteiger partial charge on any atom is -0.496 e. The molecule has 2 aromatic carbocycles. The molecule has 0 N–H and O–H groups in total. The van der Waals surface area contributed by atoms with Gasteiger partial charge in [-0.2, -0.15) is 0 Å². The van der Waals surface area contributed by atoms with E-state index < -0.39 is 5.38 Å². The van der Waals surface area contributed by atoms with Crippen LogP contribution in [0.25, 0.3) is 0 Å². The summed E-state index contributed by atoms with van der Waals surface area (Å²) >= 11 is 6.33. The summed E-state index contributed by atoms with van der Waals surface area (Å²) in [6.07, 6.45) is 0.533. The van der Waals surface area contributed by atoms with Crippen molar-refractivity contribution in [3.8, 4) is 5.75 Å². The summed E-state index contributed by atoms with van der Waals surface area (Å²) in [5, 5.41) is -0.406. The van der Waals surface area contributed by atoms with Gasteiger partial charge in [0, 0.05) is 5.56 Å². The number of benzene rings is 2. The smallest absolute Gasteiger partial charge is 0.128 e. The summed E-state index contributed by atoms with van der Waals surface area (Å²) in [6, 6.07) is 12.8. The molecule has 2 rings (SSSR count). The number of aryl methyl sites for hydroxylation is 1. The van der Waals surface area contributed by atoms with Crippen molar-refractivity contribution >= 4 is 11.6 Å². The molecule has 0 radical (unpaired) electrons. The lowest BCUT2D eigenvalue weighted by Gasteiger charge is -2.14. The molecule has 0 saturated heterocycles. The van der Waals surface area contributed by atoms with Gasteiger partial charge in [0.15, 0.2) is 0 Å². The predicted octanol–water partition coefficient (Wildman–Crippen LogP) is 4.67. The van der Waals surface area contributed by atoms with Crippen molar-refractivity contribution < 1.29 is 9.13 Å². The first-order valence-electron chi connectivity index (χ1n) is 6.14. The number of hydrogen-bond acceptors (Lipinski definition) is 1. The average molecular weight is 279 g/mol. The molecule has 1 unspecified atom stereocenters. The minimum absolute atomic E-state index is 0.255. The number of hydrogen-bond donors (Lipinski definition) is 0. The number of methoxy groups -OCH3 is 1. The first-order valence-corrected chi connectivity index (χ1v) is 6.57. The van der Waals surface area contributed by atoms with Crippen LogP contribution in [0.2, 0.25) is 0 Å². The Morgan fingerprint density at radius 3 is 2.63 bits per heavy atom. The molecule has 1 nitrogen and oxygen atoms in total. The second-order valence-corrected chi connectivity index (χ2v) is 5.04. The van der Waals surface area contributed by atoms with E-state index in [1.165, 1.54) is 6.07 Å². The molecule has 2 aromatic rings. The highest BCUT2D eigenvalue weighted by Gasteiger charge is 2.15. The van der Waals surface area contributed by atoms with E-state index in [1.807, 2.05) is 37.3 Å². The van der Waals surface area contributed by atoms with E-state index in [1.54, 1.807) is 13.2 Å². The average Bonchev–Trinajstić information content (AvgIpc) is 2.39. The Morgan fingerprint density at radius 2 is 1.95 bits per heavy atom. The van der Waals surface area contributed by atoms with Gasteiger partial charge in [-0.3, -0.25) is 0 Å². The van der Waals surface area contributed by atoms with E-state index in [4.69, 9.17) is 16.3 Å². The maximum Gasteiger partial charge on any atom is 0.128 e. The molecule has 0 aliphatic heterocycles. The Labute approximate surface area is 118 Å². The number of alkyl halides is 1. The second kappa shape index (κ2) is 6.07. The molecule has 0 aromatic heterocycles. The second-order valence-electron chi connectivity index (χ2n) is 4.51. The minimum atomic E-state index is -0.406. The lowest BCUT2D eigenvalue weighted by atomic mass is 10.0. The Morgan fingerprint density at radius 1 is 1.21 bits per heavy atom. The Bertz CT molecular complexity index is 568. The molecule has 0 saturated carbocycles. The molecule has 19 heavy (non-hydrogen) atoms. The van der Waals surface area contributed by atoms with Crippen LogP contribution in [0.4, 0.5) is 4.39 Å². The fourth-order valence-corrected chi connectivity index (χ4v) is 2.40. The Kier molecular flexibility index (Phi) is 4.43. The SMILES string of the molecule is COc1ccccc1CC(Cl)c1ccc(C)cc1F. The summed E-state index contributed by atoms with van der Waals surface area (Å²) < 4.78 is 19.1. The highest BCUT2D eigenvalue weighted by Crippen LogP contribution is 2.30. The Balaban J connectivity index is 2.23. The third kappa shape index (κ3) is 3.27. The zero-order valence-corrected chi connectivity index (χ0v) is 11.7. The third-order valence-electron chi connectivity index (χ3n) is 3.09. The number of rotatable bonds is 4. The van der Waals surface area contributed by atoms with Crippen molar-refractivity contribution in [2.24, 2.45) is 0 Å². The van der Waals surface area contributed by atoms with Crippen LogP contribution in [0.15, 0.2) is 42.5 Å². The van der Waals surface area contributed by atoms with Crippen LogP contribution in [-0.2, 0) is 6.42 Å². The molecular formula is C16H16ClFO. The summed E-state index contributed by atoms with van der Waals surface area (Å²) in [6.45, 7) is 1.86. The zero-order chi connectivity index (χ0) is 13.8. The molecule has 0 fully saturated rings. The number of halogens is 2. The van der Waals surface area contributed by atoms with Crippen LogP contribution < -0.4 is 4.74 Å². The summed E-state index contributed by atoms with van der Waals surface area (Å²) in [5.74, 6) is 0.524. The molecule has 100 valence electrons. The molecule has 0 bridgehead atoms. The van der Waals surface area contributed by atoms with Gasteiger partial charge in [-0.1, -0.05) is 30.3 Å². The zero-order valence-electron chi connectivity index (χ0n) is 11.0. The van der Waals surface area contributed by atoms with Crippen LogP contribution in [-0.4, -0.2) is 7.11 Å². The van der Waals surface area contributed by atoms with E-state index in [0.717, 1.165) is 16.9 Å². The molecule has 0 heterocycles. The molecular weight excluding hydrogens is 263 g/mol. The molecule has 0 aliphatic rings. The van der Waals surface area contributed by atoms with Crippen molar-refractivity contribution in [1.29, 1.82) is 0 Å². The van der Waals surface area contributed by atoms with Gasteiger partial charge in [0.1, 0.15) is 11.6 Å². The third-order valence-corrected chi connectivity index (χ3v) is 3.47. The summed E-state index contributed by atoms with van der Waals surface area (Å²) in [5.41, 5.74) is 2.39. The normalized spacial score (nSPS) is 12.2. The van der Waals surface area contributed by atoms with Gasteiger partial charge in [-0.25, -0.2) is 4.39 Å². The molecule has 3 heteroatoms. The largest absolute Gasteiger partial charge is 0.496 e. The van der Waals surface area contributed by atoms with E-state index in [0.29, 0.717) is 12.0 Å². The van der Waals surface area contributed by atoms with Gasteiger partial charge in [-0.05, 0) is 36.6 Å². The van der Waals surface area contributed by atoms with Crippen LogP contribution in [0.1, 0.15) is 22.1 Å². The van der Waals surface area contributed by atoms with Crippen molar-refractivity contribution in [1.82, 2.24) is 0 Å². The van der Waals surface area contributed by atoms with Gasteiger partial charge >= 0.3 is 0 Å². The predicted molar refractivity (Wildman–Crippen MR) is 76.4 cm³/mol. The summed E-state index contributed by atoms with van der Waals surface area (Å²) in [4.78, 5) is 0. The van der Waals surface area contributed by atoms with Gasteiger partial charge < -0.3 is 4.74 Å². The number of para-hydroxylation sites is 1. The molecule has 1 atom stereocenters. The maximum atomic E-state index is 13.9. The fourth-order valence-electron chi connectivity index (χ4n) is 2.06. The van der Waals surface area contributed by atoms with Crippen LogP contribution >= 0.6 is 11.6 Å².